The van der Waals surface area contributed by atoms with E-state index >= 15 is 0 Å². The Hall–Kier alpha value is -2.29. The highest BCUT2D eigenvalue weighted by atomic mass is 35.5. The van der Waals surface area contributed by atoms with Crippen LogP contribution in [-0.2, 0) is 14.8 Å². The van der Waals surface area contributed by atoms with E-state index in [9.17, 15) is 13.2 Å². The third-order valence-corrected chi connectivity index (χ3v) is 7.35. The lowest BCUT2D eigenvalue weighted by atomic mass is 10.1. The van der Waals surface area contributed by atoms with Crippen LogP contribution in [0.5, 0.6) is 11.5 Å². The molecule has 9 heteroatoms. The summed E-state index contributed by atoms with van der Waals surface area (Å²) < 4.78 is 38.2. The number of ether oxygens (including phenoxy) is 2. The van der Waals surface area contributed by atoms with Crippen molar-refractivity contribution < 1.29 is 22.7 Å². The molecule has 2 aromatic rings. The molecule has 1 saturated heterocycles. The minimum atomic E-state index is -3.91. The summed E-state index contributed by atoms with van der Waals surface area (Å²) in [6.45, 7) is 4.02. The number of hydrogen-bond acceptors (Lipinski definition) is 5. The minimum absolute atomic E-state index is 0.0457. The largest absolute Gasteiger partial charge is 0.493 e. The zero-order valence-corrected chi connectivity index (χ0v) is 18.9. The zero-order chi connectivity index (χ0) is 22.1. The first-order valence-electron chi connectivity index (χ1n) is 9.50. The first-order chi connectivity index (χ1) is 14.2. The molecule has 1 fully saturated rings. The lowest BCUT2D eigenvalue weighted by molar-refractivity contribution is -0.119. The van der Waals surface area contributed by atoms with Crippen LogP contribution in [-0.4, -0.2) is 45.4 Å². The van der Waals surface area contributed by atoms with E-state index in [4.69, 9.17) is 21.1 Å². The van der Waals surface area contributed by atoms with Crippen molar-refractivity contribution in [1.29, 1.82) is 0 Å². The highest BCUT2D eigenvalue weighted by molar-refractivity contribution is 7.89. The van der Waals surface area contributed by atoms with Crippen molar-refractivity contribution in [3.05, 3.63) is 46.5 Å². The van der Waals surface area contributed by atoms with Crippen molar-refractivity contribution in [2.45, 2.75) is 37.6 Å². The summed E-state index contributed by atoms with van der Waals surface area (Å²) in [4.78, 5) is 13.0. The third kappa shape index (κ3) is 4.26. The van der Waals surface area contributed by atoms with E-state index in [2.05, 4.69) is 5.32 Å². The van der Waals surface area contributed by atoms with Crippen LogP contribution in [0.4, 0.5) is 5.69 Å². The average molecular weight is 453 g/mol. The molecule has 1 heterocycles. The van der Waals surface area contributed by atoms with Crippen LogP contribution in [0, 0.1) is 13.8 Å². The van der Waals surface area contributed by atoms with E-state index in [1.807, 2.05) is 19.9 Å². The topological polar surface area (TPSA) is 84.9 Å². The molecule has 1 amide bonds. The Morgan fingerprint density at radius 2 is 1.83 bits per heavy atom. The van der Waals surface area contributed by atoms with Crippen molar-refractivity contribution >= 4 is 33.2 Å². The van der Waals surface area contributed by atoms with Gasteiger partial charge in [0.15, 0.2) is 11.5 Å². The van der Waals surface area contributed by atoms with Gasteiger partial charge in [-0.05, 0) is 56.0 Å². The van der Waals surface area contributed by atoms with Crippen LogP contribution in [0.15, 0.2) is 35.2 Å². The normalized spacial score (nSPS) is 17.0. The van der Waals surface area contributed by atoms with E-state index in [-0.39, 0.29) is 11.4 Å². The van der Waals surface area contributed by atoms with E-state index in [1.54, 1.807) is 6.07 Å². The molecule has 30 heavy (non-hydrogen) atoms. The molecule has 7 nitrogen and oxygen atoms in total. The number of sulfonamides is 1. The molecule has 162 valence electrons. The van der Waals surface area contributed by atoms with Crippen LogP contribution in [0.2, 0.25) is 5.02 Å². The number of carbonyl (C=O) groups excluding carboxylic acids is 1. The summed E-state index contributed by atoms with van der Waals surface area (Å²) >= 11 is 6.30. The van der Waals surface area contributed by atoms with Gasteiger partial charge >= 0.3 is 0 Å². The summed E-state index contributed by atoms with van der Waals surface area (Å²) in [5.74, 6) is 0.336. The molecule has 0 radical (unpaired) electrons. The van der Waals surface area contributed by atoms with Gasteiger partial charge in [0.2, 0.25) is 15.9 Å². The number of anilines is 1. The van der Waals surface area contributed by atoms with E-state index in [1.165, 1.54) is 36.7 Å². The Bertz CT molecular complexity index is 1050. The molecule has 1 aliphatic rings. The van der Waals surface area contributed by atoms with Crippen molar-refractivity contribution in [2.75, 3.05) is 26.1 Å². The van der Waals surface area contributed by atoms with Gasteiger partial charge in [0, 0.05) is 12.6 Å². The standard InChI is InChI=1S/C21H25ClN2O5S/c1-13-10-14(2)20(16(22)11-13)23-21(25)17-6-5-9-24(17)30(26,27)15-7-8-18(28-3)19(12-15)29-4/h7-8,10-12,17H,5-6,9H2,1-4H3,(H,23,25). The lowest BCUT2D eigenvalue weighted by Gasteiger charge is -2.24. The summed E-state index contributed by atoms with van der Waals surface area (Å²) in [6, 6.07) is 7.24. The molecule has 0 saturated carbocycles. The second-order valence-corrected chi connectivity index (χ2v) is 9.52. The fraction of sp³-hybridized carbons (Fsp3) is 0.381. The van der Waals surface area contributed by atoms with Crippen LogP contribution >= 0.6 is 11.6 Å². The number of nitrogens with one attached hydrogen (secondary N) is 1. The number of nitrogens with zero attached hydrogens (tertiary/aromatic N) is 1. The van der Waals surface area contributed by atoms with Gasteiger partial charge in [-0.15, -0.1) is 0 Å². The van der Waals surface area contributed by atoms with Gasteiger partial charge in [-0.25, -0.2) is 8.42 Å². The predicted octanol–water partition coefficient (Wildman–Crippen LogP) is 3.77. The minimum Gasteiger partial charge on any atom is -0.493 e. The van der Waals surface area contributed by atoms with Gasteiger partial charge in [0.05, 0.1) is 29.8 Å². The highest BCUT2D eigenvalue weighted by Crippen LogP contribution is 2.34. The molecular weight excluding hydrogens is 428 g/mol. The van der Waals surface area contributed by atoms with Crippen molar-refractivity contribution in [2.24, 2.45) is 0 Å². The molecule has 0 aromatic heterocycles. The van der Waals surface area contributed by atoms with Crippen LogP contribution in [0.1, 0.15) is 24.0 Å². The molecule has 1 N–H and O–H groups in total. The third-order valence-electron chi connectivity index (χ3n) is 5.15. The first-order valence-corrected chi connectivity index (χ1v) is 11.3. The molecule has 2 aromatic carbocycles. The lowest BCUT2D eigenvalue weighted by Crippen LogP contribution is -2.43. The number of aryl methyl sites for hydroxylation is 2. The van der Waals surface area contributed by atoms with E-state index in [0.29, 0.717) is 35.1 Å². The molecule has 1 unspecified atom stereocenters. The number of carbonyl (C=O) groups is 1. The fourth-order valence-corrected chi connectivity index (χ4v) is 5.72. The summed E-state index contributed by atoms with van der Waals surface area (Å²) in [7, 11) is -0.990. The van der Waals surface area contributed by atoms with Crippen molar-refractivity contribution in [3.63, 3.8) is 0 Å². The Morgan fingerprint density at radius 3 is 2.47 bits per heavy atom. The van der Waals surface area contributed by atoms with Gasteiger partial charge in [-0.3, -0.25) is 4.79 Å². The van der Waals surface area contributed by atoms with Crippen molar-refractivity contribution in [3.8, 4) is 11.5 Å². The molecule has 0 bridgehead atoms. The zero-order valence-electron chi connectivity index (χ0n) is 17.4. The Kier molecular flexibility index (Phi) is 6.59. The van der Waals surface area contributed by atoms with E-state index in [0.717, 1.165) is 11.1 Å². The molecule has 1 aliphatic heterocycles. The maximum absolute atomic E-state index is 13.3. The van der Waals surface area contributed by atoms with E-state index < -0.39 is 22.0 Å². The Morgan fingerprint density at radius 1 is 1.13 bits per heavy atom. The predicted molar refractivity (Wildman–Crippen MR) is 116 cm³/mol. The van der Waals surface area contributed by atoms with Crippen molar-refractivity contribution in [1.82, 2.24) is 4.31 Å². The number of hydrogen-bond donors (Lipinski definition) is 1. The average Bonchev–Trinajstić information content (AvgIpc) is 3.20. The summed E-state index contributed by atoms with van der Waals surface area (Å²) in [5, 5.41) is 3.24. The number of methoxy groups -OCH3 is 2. The number of amides is 1. The Labute approximate surface area is 182 Å². The van der Waals surface area contributed by atoms with Gasteiger partial charge in [0.1, 0.15) is 6.04 Å². The van der Waals surface area contributed by atoms with Crippen LogP contribution in [0.3, 0.4) is 0 Å². The van der Waals surface area contributed by atoms with Crippen LogP contribution in [0.25, 0.3) is 0 Å². The highest BCUT2D eigenvalue weighted by Gasteiger charge is 2.40. The van der Waals surface area contributed by atoms with Crippen LogP contribution < -0.4 is 14.8 Å². The Balaban J connectivity index is 1.89. The summed E-state index contributed by atoms with van der Waals surface area (Å²) in [5.41, 5.74) is 2.30. The van der Waals surface area contributed by atoms with Gasteiger partial charge in [-0.1, -0.05) is 17.7 Å². The number of rotatable bonds is 6. The summed E-state index contributed by atoms with van der Waals surface area (Å²) in [6.07, 6.45) is 1.02. The second kappa shape index (κ2) is 8.83. The SMILES string of the molecule is COc1ccc(S(=O)(=O)N2CCCC2C(=O)Nc2c(C)cc(C)cc2Cl)cc1OC. The second-order valence-electron chi connectivity index (χ2n) is 7.22. The molecule has 0 aliphatic carbocycles. The molecular formula is C21H25ClN2O5S. The first kappa shape index (κ1) is 22.4. The maximum atomic E-state index is 13.3. The molecule has 0 spiro atoms. The van der Waals surface area contributed by atoms with Gasteiger partial charge in [0.25, 0.3) is 0 Å². The maximum Gasteiger partial charge on any atom is 0.243 e. The fourth-order valence-electron chi connectivity index (χ4n) is 3.68. The number of halogens is 1. The van der Waals surface area contributed by atoms with Gasteiger partial charge < -0.3 is 14.8 Å². The number of benzene rings is 2. The smallest absolute Gasteiger partial charge is 0.243 e. The molecule has 3 rings (SSSR count). The quantitative estimate of drug-likeness (QED) is 0.721. The molecule has 1 atom stereocenters. The monoisotopic (exact) mass is 452 g/mol. The van der Waals surface area contributed by atoms with Gasteiger partial charge in [-0.2, -0.15) is 4.31 Å².